The summed E-state index contributed by atoms with van der Waals surface area (Å²) in [4.78, 5) is 2.48. The Morgan fingerprint density at radius 2 is 1.73 bits per heavy atom. The van der Waals surface area contributed by atoms with Crippen molar-refractivity contribution in [2.24, 2.45) is 0 Å². The molecule has 0 amide bonds. The highest BCUT2D eigenvalue weighted by molar-refractivity contribution is 6.31. The van der Waals surface area contributed by atoms with E-state index in [2.05, 4.69) is 31.8 Å². The van der Waals surface area contributed by atoms with Crippen LogP contribution in [-0.4, -0.2) is 44.7 Å². The molecule has 134 valence electrons. The molecular weight excluding hydrogens is 348 g/mol. The number of hydrogen-bond donors (Lipinski definition) is 1. The van der Waals surface area contributed by atoms with Crippen LogP contribution in [0.25, 0.3) is 5.69 Å². The molecule has 1 aromatic heterocycles. The highest BCUT2D eigenvalue weighted by Gasteiger charge is 2.25. The minimum Gasteiger partial charge on any atom is -0.351 e. The molecule has 6 nitrogen and oxygen atoms in total. The molecule has 2 aromatic carbocycles. The van der Waals surface area contributed by atoms with Gasteiger partial charge < -0.3 is 5.32 Å². The van der Waals surface area contributed by atoms with Gasteiger partial charge in [0.05, 0.1) is 11.7 Å². The van der Waals surface area contributed by atoms with E-state index in [1.165, 1.54) is 12.8 Å². The molecule has 26 heavy (non-hydrogen) atoms. The van der Waals surface area contributed by atoms with E-state index in [4.69, 9.17) is 11.6 Å². The van der Waals surface area contributed by atoms with Crippen LogP contribution in [0, 0.1) is 0 Å². The van der Waals surface area contributed by atoms with Crippen LogP contribution in [0.5, 0.6) is 0 Å². The van der Waals surface area contributed by atoms with Gasteiger partial charge in [-0.2, -0.15) is 4.68 Å². The molecule has 3 aromatic rings. The molecule has 1 fully saturated rings. The van der Waals surface area contributed by atoms with Crippen LogP contribution < -0.4 is 5.32 Å². The number of hydrogen-bond acceptors (Lipinski definition) is 5. The summed E-state index contributed by atoms with van der Waals surface area (Å²) in [6.45, 7) is 2.86. The zero-order valence-electron chi connectivity index (χ0n) is 14.4. The molecule has 7 heteroatoms. The van der Waals surface area contributed by atoms with E-state index in [0.29, 0.717) is 12.5 Å². The number of rotatable bonds is 6. The highest BCUT2D eigenvalue weighted by atomic mass is 35.5. The van der Waals surface area contributed by atoms with Gasteiger partial charge in [0, 0.05) is 11.6 Å². The van der Waals surface area contributed by atoms with Crippen LogP contribution in [0.1, 0.15) is 24.4 Å². The maximum absolute atomic E-state index is 6.49. The molecule has 1 aliphatic rings. The second kappa shape index (κ2) is 7.85. The third-order valence-electron chi connectivity index (χ3n) is 4.77. The Morgan fingerprint density at radius 3 is 2.50 bits per heavy atom. The zero-order chi connectivity index (χ0) is 17.8. The number of anilines is 1. The summed E-state index contributed by atoms with van der Waals surface area (Å²) in [7, 11) is 0. The molecule has 0 spiro atoms. The van der Waals surface area contributed by atoms with Crippen LogP contribution >= 0.6 is 11.6 Å². The number of aromatic nitrogens is 4. The first-order chi connectivity index (χ1) is 12.8. The number of likely N-dealkylation sites (tertiary alicyclic amines) is 1. The average Bonchev–Trinajstić information content (AvgIpc) is 3.36. The van der Waals surface area contributed by atoms with Crippen molar-refractivity contribution < 1.29 is 0 Å². The third kappa shape index (κ3) is 3.57. The summed E-state index contributed by atoms with van der Waals surface area (Å²) in [5, 5.41) is 16.3. The van der Waals surface area contributed by atoms with Gasteiger partial charge in [0.1, 0.15) is 0 Å². The summed E-state index contributed by atoms with van der Waals surface area (Å²) in [6, 6.07) is 18.1. The molecule has 1 saturated heterocycles. The number of halogens is 1. The van der Waals surface area contributed by atoms with Crippen molar-refractivity contribution in [1.82, 2.24) is 25.1 Å². The molecule has 1 atom stereocenters. The molecule has 1 aliphatic heterocycles. The molecule has 0 saturated carbocycles. The Hall–Kier alpha value is -2.44. The highest BCUT2D eigenvalue weighted by Crippen LogP contribution is 2.30. The van der Waals surface area contributed by atoms with Crippen molar-refractivity contribution in [3.8, 4) is 5.69 Å². The average molecular weight is 369 g/mol. The quantitative estimate of drug-likeness (QED) is 0.720. The van der Waals surface area contributed by atoms with Crippen molar-refractivity contribution in [2.75, 3.05) is 25.0 Å². The fourth-order valence-electron chi connectivity index (χ4n) is 3.46. The van der Waals surface area contributed by atoms with Gasteiger partial charge in [0.2, 0.25) is 5.95 Å². The van der Waals surface area contributed by atoms with Crippen molar-refractivity contribution in [3.05, 3.63) is 65.2 Å². The lowest BCUT2D eigenvalue weighted by molar-refractivity contribution is 0.255. The first-order valence-corrected chi connectivity index (χ1v) is 9.27. The molecule has 0 radical (unpaired) electrons. The molecule has 1 N–H and O–H groups in total. The standard InChI is InChI=1S/C19H21ClN6/c20-17-11-5-4-10-16(17)18(25-12-6-7-13-25)14-21-19-22-23-24-26(19)15-8-2-1-3-9-15/h1-5,8-11,18H,6-7,12-14H2,(H,21,22,24). The smallest absolute Gasteiger partial charge is 0.247 e. The zero-order valence-corrected chi connectivity index (χ0v) is 15.2. The van der Waals surface area contributed by atoms with Crippen molar-refractivity contribution in [1.29, 1.82) is 0 Å². The van der Waals surface area contributed by atoms with E-state index in [0.717, 1.165) is 29.4 Å². The Morgan fingerprint density at radius 1 is 1.00 bits per heavy atom. The van der Waals surface area contributed by atoms with E-state index in [1.54, 1.807) is 4.68 Å². The maximum Gasteiger partial charge on any atom is 0.247 e. The number of para-hydroxylation sites is 1. The maximum atomic E-state index is 6.49. The molecular formula is C19H21ClN6. The first kappa shape index (κ1) is 17.0. The van der Waals surface area contributed by atoms with Gasteiger partial charge in [-0.25, -0.2) is 0 Å². The summed E-state index contributed by atoms with van der Waals surface area (Å²) in [6.07, 6.45) is 2.45. The van der Waals surface area contributed by atoms with Gasteiger partial charge in [-0.1, -0.05) is 53.1 Å². The largest absolute Gasteiger partial charge is 0.351 e. The normalized spacial score (nSPS) is 15.9. The molecule has 1 unspecified atom stereocenters. The van der Waals surface area contributed by atoms with Crippen LogP contribution in [0.4, 0.5) is 5.95 Å². The van der Waals surface area contributed by atoms with Gasteiger partial charge in [-0.05, 0) is 60.1 Å². The van der Waals surface area contributed by atoms with Crippen molar-refractivity contribution in [2.45, 2.75) is 18.9 Å². The lowest BCUT2D eigenvalue weighted by Gasteiger charge is -2.29. The fourth-order valence-corrected chi connectivity index (χ4v) is 3.72. The van der Waals surface area contributed by atoms with Gasteiger partial charge in [-0.15, -0.1) is 0 Å². The van der Waals surface area contributed by atoms with Gasteiger partial charge in [0.15, 0.2) is 0 Å². The Labute approximate surface area is 157 Å². The number of tetrazole rings is 1. The topological polar surface area (TPSA) is 58.9 Å². The summed E-state index contributed by atoms with van der Waals surface area (Å²) < 4.78 is 1.72. The van der Waals surface area contributed by atoms with E-state index in [1.807, 2.05) is 48.5 Å². The molecule has 4 rings (SSSR count). The van der Waals surface area contributed by atoms with Crippen LogP contribution in [0.3, 0.4) is 0 Å². The second-order valence-corrected chi connectivity index (χ2v) is 6.82. The SMILES string of the molecule is Clc1ccccc1C(CNc1nnnn1-c1ccccc1)N1CCCC1. The Kier molecular flexibility index (Phi) is 5.13. The van der Waals surface area contributed by atoms with Crippen molar-refractivity contribution in [3.63, 3.8) is 0 Å². The van der Waals surface area contributed by atoms with E-state index in [9.17, 15) is 0 Å². The monoisotopic (exact) mass is 368 g/mol. The lowest BCUT2D eigenvalue weighted by Crippen LogP contribution is -2.31. The number of nitrogens with zero attached hydrogens (tertiary/aromatic N) is 5. The molecule has 0 aliphatic carbocycles. The minimum atomic E-state index is 0.187. The van der Waals surface area contributed by atoms with E-state index in [-0.39, 0.29) is 6.04 Å². The summed E-state index contributed by atoms with van der Waals surface area (Å²) in [5.74, 6) is 0.632. The Bertz CT molecular complexity index is 844. The van der Waals surface area contributed by atoms with E-state index >= 15 is 0 Å². The fraction of sp³-hybridized carbons (Fsp3) is 0.316. The van der Waals surface area contributed by atoms with Gasteiger partial charge >= 0.3 is 0 Å². The van der Waals surface area contributed by atoms with Crippen LogP contribution in [-0.2, 0) is 0 Å². The van der Waals surface area contributed by atoms with Gasteiger partial charge in [-0.3, -0.25) is 4.90 Å². The Balaban J connectivity index is 1.56. The predicted octanol–water partition coefficient (Wildman–Crippen LogP) is 3.56. The van der Waals surface area contributed by atoms with Crippen LogP contribution in [0.15, 0.2) is 54.6 Å². The second-order valence-electron chi connectivity index (χ2n) is 6.41. The minimum absolute atomic E-state index is 0.187. The predicted molar refractivity (Wildman–Crippen MR) is 103 cm³/mol. The summed E-state index contributed by atoms with van der Waals surface area (Å²) >= 11 is 6.49. The molecule has 0 bridgehead atoms. The van der Waals surface area contributed by atoms with Gasteiger partial charge in [0.25, 0.3) is 0 Å². The van der Waals surface area contributed by atoms with E-state index < -0.39 is 0 Å². The van der Waals surface area contributed by atoms with Crippen molar-refractivity contribution >= 4 is 17.5 Å². The third-order valence-corrected chi connectivity index (χ3v) is 5.11. The summed E-state index contributed by atoms with van der Waals surface area (Å²) in [5.41, 5.74) is 2.07. The molecule has 2 heterocycles. The number of nitrogens with one attached hydrogen (secondary N) is 1. The van der Waals surface area contributed by atoms with Crippen LogP contribution in [0.2, 0.25) is 5.02 Å². The first-order valence-electron chi connectivity index (χ1n) is 8.89. The number of benzene rings is 2. The lowest BCUT2D eigenvalue weighted by atomic mass is 10.1.